The lowest BCUT2D eigenvalue weighted by atomic mass is 9.95. The second kappa shape index (κ2) is 5.81. The molecule has 2 aromatic carbocycles. The minimum atomic E-state index is -1.20. The topological polar surface area (TPSA) is 90.4 Å². The zero-order valence-electron chi connectivity index (χ0n) is 12.0. The average molecular weight is 307 g/mol. The summed E-state index contributed by atoms with van der Waals surface area (Å²) in [5.74, 6) is -2.40. The molecule has 5 heteroatoms. The van der Waals surface area contributed by atoms with E-state index in [9.17, 15) is 19.8 Å². The van der Waals surface area contributed by atoms with Crippen molar-refractivity contribution in [2.45, 2.75) is 0 Å². The molecule has 0 spiro atoms. The number of hydrogen-bond donors (Lipinski definition) is 3. The monoisotopic (exact) mass is 307 g/mol. The third kappa shape index (κ3) is 2.60. The van der Waals surface area contributed by atoms with Gasteiger partial charge in [0, 0.05) is 11.1 Å². The molecule has 3 aromatic rings. The van der Waals surface area contributed by atoms with Gasteiger partial charge in [-0.15, -0.1) is 0 Å². The first-order valence-corrected chi connectivity index (χ1v) is 6.93. The summed E-state index contributed by atoms with van der Waals surface area (Å²) < 4.78 is 0. The molecule has 0 bridgehead atoms. The summed E-state index contributed by atoms with van der Waals surface area (Å²) in [6, 6.07) is 17.8. The summed E-state index contributed by atoms with van der Waals surface area (Å²) in [6.45, 7) is 0. The van der Waals surface area contributed by atoms with Gasteiger partial charge in [-0.25, -0.2) is 9.59 Å². The number of rotatable bonds is 4. The van der Waals surface area contributed by atoms with Crippen molar-refractivity contribution in [2.75, 3.05) is 0 Å². The number of aromatic amines is 1. The fraction of sp³-hybridized carbons (Fsp3) is 0. The van der Waals surface area contributed by atoms with Crippen LogP contribution in [0.15, 0.2) is 60.7 Å². The van der Waals surface area contributed by atoms with Crippen LogP contribution < -0.4 is 0 Å². The van der Waals surface area contributed by atoms with Gasteiger partial charge in [0.2, 0.25) is 0 Å². The van der Waals surface area contributed by atoms with Crippen LogP contribution in [0.5, 0.6) is 0 Å². The number of benzene rings is 2. The summed E-state index contributed by atoms with van der Waals surface area (Å²) >= 11 is 0. The third-order valence-electron chi connectivity index (χ3n) is 3.55. The number of H-pyrrole nitrogens is 1. The maximum absolute atomic E-state index is 11.6. The van der Waals surface area contributed by atoms with Crippen LogP contribution in [-0.2, 0) is 0 Å². The number of carboxylic acid groups (broad SMARTS) is 2. The maximum Gasteiger partial charge on any atom is 0.352 e. The number of carbonyl (C=O) groups is 2. The highest BCUT2D eigenvalue weighted by atomic mass is 16.4. The van der Waals surface area contributed by atoms with Crippen molar-refractivity contribution in [2.24, 2.45) is 0 Å². The Balaban J connectivity index is 2.40. The fourth-order valence-electron chi connectivity index (χ4n) is 2.61. The number of nitrogens with one attached hydrogen (secondary N) is 1. The summed E-state index contributed by atoms with van der Waals surface area (Å²) in [5.41, 5.74) is 1.78. The zero-order chi connectivity index (χ0) is 16.4. The largest absolute Gasteiger partial charge is 0.477 e. The van der Waals surface area contributed by atoms with Gasteiger partial charge < -0.3 is 15.2 Å². The van der Waals surface area contributed by atoms with E-state index in [1.54, 1.807) is 48.5 Å². The molecular weight excluding hydrogens is 294 g/mol. The normalized spacial score (nSPS) is 10.4. The zero-order valence-corrected chi connectivity index (χ0v) is 12.0. The first kappa shape index (κ1) is 14.6. The molecule has 0 saturated carbocycles. The molecule has 1 heterocycles. The van der Waals surface area contributed by atoms with Crippen LogP contribution in [-0.4, -0.2) is 27.1 Å². The van der Waals surface area contributed by atoms with Crippen LogP contribution in [0.3, 0.4) is 0 Å². The first-order valence-electron chi connectivity index (χ1n) is 6.93. The van der Waals surface area contributed by atoms with Gasteiger partial charge in [0.05, 0.1) is 0 Å². The molecule has 0 radical (unpaired) electrons. The van der Waals surface area contributed by atoms with E-state index in [0.717, 1.165) is 0 Å². The van der Waals surface area contributed by atoms with Crippen LogP contribution in [0.1, 0.15) is 21.0 Å². The fourth-order valence-corrected chi connectivity index (χ4v) is 2.61. The van der Waals surface area contributed by atoms with Gasteiger partial charge in [0.1, 0.15) is 11.4 Å². The molecule has 5 nitrogen and oxygen atoms in total. The molecule has 0 atom stereocenters. The van der Waals surface area contributed by atoms with E-state index >= 15 is 0 Å². The van der Waals surface area contributed by atoms with Crippen molar-refractivity contribution in [3.63, 3.8) is 0 Å². The Morgan fingerprint density at radius 3 is 1.30 bits per heavy atom. The predicted octanol–water partition coefficient (Wildman–Crippen LogP) is 3.75. The second-order valence-electron chi connectivity index (χ2n) is 4.97. The molecule has 114 valence electrons. The van der Waals surface area contributed by atoms with Crippen LogP contribution >= 0.6 is 0 Å². The van der Waals surface area contributed by atoms with Gasteiger partial charge in [-0.3, -0.25) is 0 Å². The highest BCUT2D eigenvalue weighted by molar-refractivity contribution is 6.07. The lowest BCUT2D eigenvalue weighted by Crippen LogP contribution is -2.01. The van der Waals surface area contributed by atoms with Crippen LogP contribution in [0, 0.1) is 0 Å². The molecule has 3 rings (SSSR count). The van der Waals surface area contributed by atoms with E-state index in [1.807, 2.05) is 12.1 Å². The predicted molar refractivity (Wildman–Crippen MR) is 85.6 cm³/mol. The lowest BCUT2D eigenvalue weighted by Gasteiger charge is -2.07. The Kier molecular flexibility index (Phi) is 3.68. The van der Waals surface area contributed by atoms with Crippen molar-refractivity contribution in [3.05, 3.63) is 72.1 Å². The molecule has 0 unspecified atom stereocenters. The van der Waals surface area contributed by atoms with Crippen LogP contribution in [0.2, 0.25) is 0 Å². The van der Waals surface area contributed by atoms with Crippen molar-refractivity contribution in [3.8, 4) is 22.3 Å². The summed E-state index contributed by atoms with van der Waals surface area (Å²) in [5, 5.41) is 18.9. The molecule has 0 amide bonds. The summed E-state index contributed by atoms with van der Waals surface area (Å²) in [4.78, 5) is 25.7. The highest BCUT2D eigenvalue weighted by Crippen LogP contribution is 2.38. The SMILES string of the molecule is O=C(O)c1[nH]c(C(=O)O)c(-c2ccccc2)c1-c1ccccc1. The molecular formula is C18H13NO4. The van der Waals surface area contributed by atoms with Crippen molar-refractivity contribution >= 4 is 11.9 Å². The molecule has 0 fully saturated rings. The van der Waals surface area contributed by atoms with Gasteiger partial charge in [0.15, 0.2) is 0 Å². The summed E-state index contributed by atoms with van der Waals surface area (Å²) in [6.07, 6.45) is 0. The van der Waals surface area contributed by atoms with E-state index in [2.05, 4.69) is 4.98 Å². The first-order chi connectivity index (χ1) is 11.1. The third-order valence-corrected chi connectivity index (χ3v) is 3.55. The average Bonchev–Trinajstić information content (AvgIpc) is 2.97. The summed E-state index contributed by atoms with van der Waals surface area (Å²) in [7, 11) is 0. The number of aromatic carboxylic acids is 2. The second-order valence-corrected chi connectivity index (χ2v) is 4.97. The van der Waals surface area contributed by atoms with Gasteiger partial charge in [0.25, 0.3) is 0 Å². The van der Waals surface area contributed by atoms with Crippen molar-refractivity contribution < 1.29 is 19.8 Å². The molecule has 0 saturated heterocycles. The molecule has 0 aliphatic rings. The van der Waals surface area contributed by atoms with E-state index in [0.29, 0.717) is 22.3 Å². The van der Waals surface area contributed by atoms with Gasteiger partial charge in [-0.05, 0) is 11.1 Å². The Morgan fingerprint density at radius 1 is 0.652 bits per heavy atom. The Morgan fingerprint density at radius 2 is 1.00 bits per heavy atom. The minimum Gasteiger partial charge on any atom is -0.477 e. The van der Waals surface area contributed by atoms with Gasteiger partial charge in [-0.1, -0.05) is 60.7 Å². The quantitative estimate of drug-likeness (QED) is 0.684. The standard InChI is InChI=1S/C18H13NO4/c20-17(21)15-13(11-7-3-1-4-8-11)14(16(19-15)18(22)23)12-9-5-2-6-10-12/h1-10,19H,(H,20,21)(H,22,23). The number of aromatic nitrogens is 1. The van der Waals surface area contributed by atoms with Crippen molar-refractivity contribution in [1.29, 1.82) is 0 Å². The van der Waals surface area contributed by atoms with Crippen LogP contribution in [0.4, 0.5) is 0 Å². The van der Waals surface area contributed by atoms with Crippen LogP contribution in [0.25, 0.3) is 22.3 Å². The van der Waals surface area contributed by atoms with E-state index in [1.165, 1.54) is 0 Å². The Bertz CT molecular complexity index is 795. The Labute approximate surface area is 131 Å². The number of hydrogen-bond acceptors (Lipinski definition) is 2. The maximum atomic E-state index is 11.6. The minimum absolute atomic E-state index is 0.132. The van der Waals surface area contributed by atoms with E-state index in [4.69, 9.17) is 0 Å². The molecule has 3 N–H and O–H groups in total. The number of carboxylic acids is 2. The van der Waals surface area contributed by atoms with Gasteiger partial charge in [-0.2, -0.15) is 0 Å². The van der Waals surface area contributed by atoms with Gasteiger partial charge >= 0.3 is 11.9 Å². The molecule has 0 aliphatic carbocycles. The van der Waals surface area contributed by atoms with Crippen molar-refractivity contribution in [1.82, 2.24) is 4.98 Å². The molecule has 23 heavy (non-hydrogen) atoms. The van der Waals surface area contributed by atoms with E-state index < -0.39 is 11.9 Å². The lowest BCUT2D eigenvalue weighted by molar-refractivity contribution is 0.0690. The smallest absolute Gasteiger partial charge is 0.352 e. The van der Waals surface area contributed by atoms with E-state index in [-0.39, 0.29) is 11.4 Å². The Hall–Kier alpha value is -3.34. The molecule has 1 aromatic heterocycles. The highest BCUT2D eigenvalue weighted by Gasteiger charge is 2.26. The molecule has 0 aliphatic heterocycles.